The van der Waals surface area contributed by atoms with Crippen LogP contribution in [0.15, 0.2) is 71.6 Å². The van der Waals surface area contributed by atoms with Crippen molar-refractivity contribution in [3.05, 3.63) is 93.5 Å². The second-order valence-corrected chi connectivity index (χ2v) is 12.4. The molecule has 0 spiro atoms. The molecule has 3 aromatic rings. The first kappa shape index (κ1) is 31.5. The van der Waals surface area contributed by atoms with E-state index in [0.717, 1.165) is 27.4 Å². The van der Waals surface area contributed by atoms with Crippen LogP contribution in [0.3, 0.4) is 0 Å². The topological polar surface area (TPSA) is 86.8 Å². The molecule has 0 radical (unpaired) electrons. The van der Waals surface area contributed by atoms with E-state index in [1.165, 1.54) is 35.2 Å². The zero-order valence-corrected chi connectivity index (χ0v) is 25.5. The number of hydrogen-bond donors (Lipinski definition) is 1. The molecule has 1 N–H and O–H groups in total. The predicted molar refractivity (Wildman–Crippen MR) is 161 cm³/mol. The minimum Gasteiger partial charge on any atom is -0.354 e. The summed E-state index contributed by atoms with van der Waals surface area (Å²) < 4.78 is 28.8. The Kier molecular flexibility index (Phi) is 11.0. The van der Waals surface area contributed by atoms with Gasteiger partial charge in [0.25, 0.3) is 10.0 Å². The molecule has 0 aliphatic heterocycles. The summed E-state index contributed by atoms with van der Waals surface area (Å²) in [6.45, 7) is 7.62. The normalized spacial score (nSPS) is 12.1. The van der Waals surface area contributed by atoms with Gasteiger partial charge in [0.15, 0.2) is 0 Å². The van der Waals surface area contributed by atoms with E-state index in [2.05, 4.69) is 5.32 Å². The smallest absolute Gasteiger partial charge is 0.264 e. The number of carbonyl (C=O) groups is 2. The molecule has 0 aromatic heterocycles. The van der Waals surface area contributed by atoms with E-state index in [9.17, 15) is 18.0 Å². The zero-order chi connectivity index (χ0) is 29.4. The van der Waals surface area contributed by atoms with Crippen LogP contribution in [0, 0.1) is 13.8 Å². The Labute approximate surface area is 247 Å². The molecule has 1 unspecified atom stereocenters. The Hall–Kier alpha value is -3.07. The van der Waals surface area contributed by atoms with Crippen molar-refractivity contribution >= 4 is 50.7 Å². The SMILES string of the molecule is CCCNC(=O)C(CC)N(Cc1ccc(C)cc1)C(=O)CN(c1cc(Cl)cc(Cl)c1)S(=O)(=O)c1ccc(C)cc1. The van der Waals surface area contributed by atoms with Crippen molar-refractivity contribution in [2.24, 2.45) is 0 Å². The fourth-order valence-corrected chi connectivity index (χ4v) is 6.14. The molecular weight excluding hydrogens is 569 g/mol. The van der Waals surface area contributed by atoms with Gasteiger partial charge in [-0.15, -0.1) is 0 Å². The molecule has 0 aliphatic carbocycles. The van der Waals surface area contributed by atoms with Crippen molar-refractivity contribution in [1.29, 1.82) is 0 Å². The number of anilines is 1. The van der Waals surface area contributed by atoms with E-state index in [1.807, 2.05) is 52.0 Å². The molecule has 0 heterocycles. The molecule has 0 saturated carbocycles. The number of sulfonamides is 1. The van der Waals surface area contributed by atoms with Gasteiger partial charge in [0.1, 0.15) is 12.6 Å². The van der Waals surface area contributed by atoms with Gasteiger partial charge in [-0.2, -0.15) is 0 Å². The van der Waals surface area contributed by atoms with Crippen LogP contribution in [0.25, 0.3) is 0 Å². The first-order chi connectivity index (χ1) is 19.0. The number of aryl methyl sites for hydroxylation is 2. The van der Waals surface area contributed by atoms with Crippen molar-refractivity contribution < 1.29 is 18.0 Å². The van der Waals surface area contributed by atoms with Gasteiger partial charge in [0.2, 0.25) is 11.8 Å². The van der Waals surface area contributed by atoms with Crippen LogP contribution in [-0.2, 0) is 26.2 Å². The average molecular weight is 605 g/mol. The molecule has 214 valence electrons. The lowest BCUT2D eigenvalue weighted by atomic mass is 10.1. The van der Waals surface area contributed by atoms with Crippen molar-refractivity contribution in [2.45, 2.75) is 58.0 Å². The van der Waals surface area contributed by atoms with Crippen LogP contribution in [0.1, 0.15) is 43.4 Å². The highest BCUT2D eigenvalue weighted by Gasteiger charge is 2.33. The summed E-state index contributed by atoms with van der Waals surface area (Å²) in [6, 6.07) is 17.6. The fraction of sp³-hybridized carbons (Fsp3) is 0.333. The maximum Gasteiger partial charge on any atom is 0.264 e. The summed E-state index contributed by atoms with van der Waals surface area (Å²) >= 11 is 12.5. The molecule has 3 rings (SSSR count). The van der Waals surface area contributed by atoms with Gasteiger partial charge < -0.3 is 10.2 Å². The number of amides is 2. The number of halogens is 2. The van der Waals surface area contributed by atoms with Crippen molar-refractivity contribution in [3.8, 4) is 0 Å². The van der Waals surface area contributed by atoms with E-state index < -0.39 is 28.5 Å². The van der Waals surface area contributed by atoms with Gasteiger partial charge in [-0.05, 0) is 62.6 Å². The molecule has 2 amide bonds. The lowest BCUT2D eigenvalue weighted by molar-refractivity contribution is -0.140. The van der Waals surface area contributed by atoms with Crippen LogP contribution in [-0.4, -0.2) is 44.3 Å². The van der Waals surface area contributed by atoms with Gasteiger partial charge in [-0.3, -0.25) is 13.9 Å². The molecule has 40 heavy (non-hydrogen) atoms. The maximum atomic E-state index is 14.1. The number of hydrogen-bond acceptors (Lipinski definition) is 4. The summed E-state index contributed by atoms with van der Waals surface area (Å²) in [4.78, 5) is 28.7. The molecular formula is C30H35Cl2N3O4S. The van der Waals surface area contributed by atoms with E-state index in [0.29, 0.717) is 13.0 Å². The average Bonchev–Trinajstić information content (AvgIpc) is 2.91. The third-order valence-electron chi connectivity index (χ3n) is 6.43. The lowest BCUT2D eigenvalue weighted by Gasteiger charge is -2.33. The Morgan fingerprint density at radius 1 is 0.875 bits per heavy atom. The van der Waals surface area contributed by atoms with Crippen LogP contribution in [0.2, 0.25) is 10.0 Å². The van der Waals surface area contributed by atoms with E-state index in [4.69, 9.17) is 23.2 Å². The van der Waals surface area contributed by atoms with Crippen LogP contribution < -0.4 is 9.62 Å². The molecule has 0 fully saturated rings. The van der Waals surface area contributed by atoms with Gasteiger partial charge >= 0.3 is 0 Å². The largest absolute Gasteiger partial charge is 0.354 e. The Morgan fingerprint density at radius 3 is 1.95 bits per heavy atom. The highest BCUT2D eigenvalue weighted by Crippen LogP contribution is 2.30. The van der Waals surface area contributed by atoms with Gasteiger partial charge in [0.05, 0.1) is 10.6 Å². The molecule has 3 aromatic carbocycles. The first-order valence-corrected chi connectivity index (χ1v) is 15.3. The van der Waals surface area contributed by atoms with Crippen molar-refractivity contribution in [2.75, 3.05) is 17.4 Å². The number of nitrogens with zero attached hydrogens (tertiary/aromatic N) is 2. The molecule has 0 saturated heterocycles. The minimum atomic E-state index is -4.21. The minimum absolute atomic E-state index is 0.0137. The van der Waals surface area contributed by atoms with Gasteiger partial charge in [-0.25, -0.2) is 8.42 Å². The van der Waals surface area contributed by atoms with E-state index in [-0.39, 0.29) is 33.1 Å². The number of rotatable bonds is 12. The number of benzene rings is 3. The number of nitrogens with one attached hydrogen (secondary N) is 1. The summed E-state index contributed by atoms with van der Waals surface area (Å²) in [5, 5.41) is 3.32. The summed E-state index contributed by atoms with van der Waals surface area (Å²) in [6.07, 6.45) is 1.09. The predicted octanol–water partition coefficient (Wildman–Crippen LogP) is 6.14. The van der Waals surface area contributed by atoms with Crippen molar-refractivity contribution in [1.82, 2.24) is 10.2 Å². The maximum absolute atomic E-state index is 14.1. The van der Waals surface area contributed by atoms with Gasteiger partial charge in [-0.1, -0.05) is 84.6 Å². The standard InChI is InChI=1S/C30H35Cl2N3O4S/c1-5-15-33-30(37)28(6-2)34(19-23-11-7-21(3)8-12-23)29(36)20-35(26-17-24(31)16-25(32)18-26)40(38,39)27-13-9-22(4)10-14-27/h7-14,16-18,28H,5-6,15,19-20H2,1-4H3,(H,33,37). The molecule has 0 aliphatic rings. The molecule has 0 bridgehead atoms. The van der Waals surface area contributed by atoms with Crippen LogP contribution in [0.5, 0.6) is 0 Å². The quantitative estimate of drug-likeness (QED) is 0.269. The monoisotopic (exact) mass is 603 g/mol. The Balaban J connectivity index is 2.08. The van der Waals surface area contributed by atoms with Crippen LogP contribution in [0.4, 0.5) is 5.69 Å². The highest BCUT2D eigenvalue weighted by molar-refractivity contribution is 7.92. The molecule has 10 heteroatoms. The van der Waals surface area contributed by atoms with Gasteiger partial charge in [0, 0.05) is 23.1 Å². The summed E-state index contributed by atoms with van der Waals surface area (Å²) in [7, 11) is -4.21. The molecule has 1 atom stereocenters. The first-order valence-electron chi connectivity index (χ1n) is 13.1. The third-order valence-corrected chi connectivity index (χ3v) is 8.66. The van der Waals surface area contributed by atoms with E-state index >= 15 is 0 Å². The summed E-state index contributed by atoms with van der Waals surface area (Å²) in [5.41, 5.74) is 2.91. The zero-order valence-electron chi connectivity index (χ0n) is 23.2. The van der Waals surface area contributed by atoms with Crippen LogP contribution >= 0.6 is 23.2 Å². The van der Waals surface area contributed by atoms with E-state index in [1.54, 1.807) is 12.1 Å². The molecule has 7 nitrogen and oxygen atoms in total. The fourth-order valence-electron chi connectivity index (χ4n) is 4.23. The second kappa shape index (κ2) is 14.0. The second-order valence-electron chi connectivity index (χ2n) is 9.67. The number of carbonyl (C=O) groups excluding carboxylic acids is 2. The Morgan fingerprint density at radius 2 is 1.43 bits per heavy atom. The summed E-state index contributed by atoms with van der Waals surface area (Å²) in [5.74, 6) is -0.825. The third kappa shape index (κ3) is 7.99. The Bertz CT molecular complexity index is 1410. The van der Waals surface area contributed by atoms with Crippen molar-refractivity contribution in [3.63, 3.8) is 0 Å². The highest BCUT2D eigenvalue weighted by atomic mass is 35.5. The lowest BCUT2D eigenvalue weighted by Crippen LogP contribution is -2.52.